The fourth-order valence-electron chi connectivity index (χ4n) is 7.79. The molecule has 2 aromatic rings. The van der Waals surface area contributed by atoms with E-state index in [-0.39, 0.29) is 47.7 Å². The van der Waals surface area contributed by atoms with Crippen molar-refractivity contribution in [2.24, 2.45) is 10.8 Å². The van der Waals surface area contributed by atoms with E-state index in [4.69, 9.17) is 47.4 Å². The van der Waals surface area contributed by atoms with Crippen LogP contribution in [0.15, 0.2) is 24.3 Å². The molecule has 0 amide bonds. The molecular formula is C36H50O18. The molecule has 8 N–H and O–H groups in total. The summed E-state index contributed by atoms with van der Waals surface area (Å²) in [7, 11) is 5.67. The standard InChI is InChI=1S/C36H50O18/c1-35-13-49-32(16-9-19(47-5)30(20(10-16)48-6)54-34-28(44)26(42)24(40)22(12-38)52-34)36(35,2)14-50-31(35)15-7-17(45-3)29(18(8-15)46-4)53-33-27(43)25(41)23(39)21(11-37)51-33/h7-10,21-28,31-34,37-44H,11-14H2,1-6H3. The Morgan fingerprint density at radius 2 is 0.852 bits per heavy atom. The molecule has 4 saturated heterocycles. The second-order valence-electron chi connectivity index (χ2n) is 14.4. The van der Waals surface area contributed by atoms with Crippen LogP contribution in [0.1, 0.15) is 37.2 Å². The molecule has 0 saturated carbocycles. The lowest BCUT2D eigenvalue weighted by molar-refractivity contribution is -0.277. The quantitative estimate of drug-likeness (QED) is 0.128. The van der Waals surface area contributed by atoms with Crippen LogP contribution in [0.4, 0.5) is 0 Å². The molecule has 4 fully saturated rings. The van der Waals surface area contributed by atoms with Gasteiger partial charge < -0.3 is 88.2 Å². The zero-order valence-electron chi connectivity index (χ0n) is 30.7. The van der Waals surface area contributed by atoms with Gasteiger partial charge in [0.1, 0.15) is 48.8 Å². The first kappa shape index (κ1) is 40.4. The van der Waals surface area contributed by atoms with Gasteiger partial charge in [-0.15, -0.1) is 0 Å². The first-order chi connectivity index (χ1) is 25.7. The first-order valence-corrected chi connectivity index (χ1v) is 17.4. The van der Waals surface area contributed by atoms with E-state index >= 15 is 0 Å². The Morgan fingerprint density at radius 3 is 1.13 bits per heavy atom. The van der Waals surface area contributed by atoms with Gasteiger partial charge in [0.05, 0.1) is 67.1 Å². The molecule has 4 aliphatic heterocycles. The van der Waals surface area contributed by atoms with Gasteiger partial charge in [0, 0.05) is 10.8 Å². The fourth-order valence-corrected chi connectivity index (χ4v) is 7.79. The lowest BCUT2D eigenvalue weighted by atomic mass is 9.62. The van der Waals surface area contributed by atoms with Crippen molar-refractivity contribution in [3.05, 3.63) is 35.4 Å². The van der Waals surface area contributed by atoms with E-state index in [1.807, 2.05) is 13.8 Å². The van der Waals surface area contributed by atoms with Crippen LogP contribution in [0.3, 0.4) is 0 Å². The molecule has 0 radical (unpaired) electrons. The van der Waals surface area contributed by atoms with Gasteiger partial charge in [-0.3, -0.25) is 0 Å². The molecule has 4 heterocycles. The molecular weight excluding hydrogens is 720 g/mol. The van der Waals surface area contributed by atoms with Gasteiger partial charge in [0.2, 0.25) is 24.1 Å². The minimum Gasteiger partial charge on any atom is -0.493 e. The Balaban J connectivity index is 1.28. The van der Waals surface area contributed by atoms with E-state index in [1.54, 1.807) is 24.3 Å². The number of aliphatic hydroxyl groups excluding tert-OH is 8. The topological polar surface area (TPSA) is 254 Å². The van der Waals surface area contributed by atoms with Crippen molar-refractivity contribution in [3.63, 3.8) is 0 Å². The van der Waals surface area contributed by atoms with Gasteiger partial charge in [0.25, 0.3) is 0 Å². The highest BCUT2D eigenvalue weighted by molar-refractivity contribution is 5.56. The van der Waals surface area contributed by atoms with Crippen molar-refractivity contribution in [3.8, 4) is 34.5 Å². The minimum atomic E-state index is -1.66. The molecule has 0 spiro atoms. The van der Waals surface area contributed by atoms with Gasteiger partial charge in [0.15, 0.2) is 23.0 Å². The summed E-state index contributed by atoms with van der Waals surface area (Å²) in [4.78, 5) is 0. The zero-order chi connectivity index (χ0) is 39.3. The Morgan fingerprint density at radius 1 is 0.537 bits per heavy atom. The van der Waals surface area contributed by atoms with Crippen molar-refractivity contribution < 1.29 is 88.2 Å². The number of hydrogen-bond acceptors (Lipinski definition) is 18. The van der Waals surface area contributed by atoms with Crippen molar-refractivity contribution in [2.75, 3.05) is 54.9 Å². The SMILES string of the molecule is COc1cc(C2OCC3(C)C(c4cc(OC)c(OC5OC(CO)C(O)C(O)C5O)c(OC)c4)OCC23C)cc(OC)c1OC1OC(CO)C(O)C(O)C1O. The summed E-state index contributed by atoms with van der Waals surface area (Å²) >= 11 is 0. The van der Waals surface area contributed by atoms with Crippen LogP contribution in [-0.4, -0.2) is 157 Å². The first-order valence-electron chi connectivity index (χ1n) is 17.4. The summed E-state index contributed by atoms with van der Waals surface area (Å²) in [5.41, 5.74) is 0.0519. The van der Waals surface area contributed by atoms with Crippen LogP contribution >= 0.6 is 0 Å². The summed E-state index contributed by atoms with van der Waals surface area (Å²) in [6.07, 6.45) is -16.2. The molecule has 0 bridgehead atoms. The van der Waals surface area contributed by atoms with Crippen LogP contribution in [0, 0.1) is 10.8 Å². The molecule has 18 nitrogen and oxygen atoms in total. The second-order valence-corrected chi connectivity index (χ2v) is 14.4. The van der Waals surface area contributed by atoms with E-state index < -0.39 is 97.7 Å². The zero-order valence-corrected chi connectivity index (χ0v) is 30.7. The normalized spacial score (nSPS) is 39.1. The van der Waals surface area contributed by atoms with Crippen molar-refractivity contribution in [2.45, 2.75) is 87.5 Å². The van der Waals surface area contributed by atoms with Gasteiger partial charge in [-0.2, -0.15) is 0 Å². The summed E-state index contributed by atoms with van der Waals surface area (Å²) < 4.78 is 58.8. The highest BCUT2D eigenvalue weighted by atomic mass is 16.7. The Labute approximate surface area is 311 Å². The van der Waals surface area contributed by atoms with Crippen LogP contribution in [-0.2, 0) is 18.9 Å². The smallest absolute Gasteiger partial charge is 0.229 e. The second kappa shape index (κ2) is 15.7. The average molecular weight is 771 g/mol. The molecule has 302 valence electrons. The molecule has 6 rings (SSSR count). The molecule has 4 aliphatic rings. The number of rotatable bonds is 12. The molecule has 2 aromatic carbocycles. The maximum absolute atomic E-state index is 10.6. The van der Waals surface area contributed by atoms with Crippen molar-refractivity contribution in [1.82, 2.24) is 0 Å². The number of ether oxygens (including phenoxy) is 10. The highest BCUT2D eigenvalue weighted by Crippen LogP contribution is 2.67. The average Bonchev–Trinajstić information content (AvgIpc) is 3.60. The Bertz CT molecular complexity index is 1450. The molecule has 14 atom stereocenters. The third-order valence-corrected chi connectivity index (χ3v) is 11.3. The number of benzene rings is 2. The molecule has 0 aliphatic carbocycles. The maximum atomic E-state index is 10.6. The number of aliphatic hydroxyl groups is 8. The number of methoxy groups -OCH3 is 4. The molecule has 0 aromatic heterocycles. The van der Waals surface area contributed by atoms with E-state index in [2.05, 4.69) is 0 Å². The van der Waals surface area contributed by atoms with Gasteiger partial charge in [-0.05, 0) is 35.4 Å². The van der Waals surface area contributed by atoms with E-state index in [9.17, 15) is 40.9 Å². The summed E-state index contributed by atoms with van der Waals surface area (Å²) in [6.45, 7) is 3.37. The molecule has 18 heteroatoms. The van der Waals surface area contributed by atoms with Crippen LogP contribution in [0.2, 0.25) is 0 Å². The van der Waals surface area contributed by atoms with Crippen molar-refractivity contribution in [1.29, 1.82) is 0 Å². The summed E-state index contributed by atoms with van der Waals surface area (Å²) in [6, 6.07) is 6.81. The van der Waals surface area contributed by atoms with Crippen LogP contribution < -0.4 is 28.4 Å². The van der Waals surface area contributed by atoms with E-state index in [0.717, 1.165) is 0 Å². The molecule has 14 unspecified atom stereocenters. The maximum Gasteiger partial charge on any atom is 0.229 e. The predicted molar refractivity (Wildman–Crippen MR) is 181 cm³/mol. The Kier molecular flexibility index (Phi) is 11.8. The van der Waals surface area contributed by atoms with Crippen LogP contribution in [0.25, 0.3) is 0 Å². The van der Waals surface area contributed by atoms with E-state index in [0.29, 0.717) is 11.1 Å². The largest absolute Gasteiger partial charge is 0.493 e. The minimum absolute atomic E-state index is 0.0461. The highest BCUT2D eigenvalue weighted by Gasteiger charge is 2.65. The number of hydrogen-bond donors (Lipinski definition) is 8. The summed E-state index contributed by atoms with van der Waals surface area (Å²) in [5.74, 6) is 0.877. The van der Waals surface area contributed by atoms with Crippen molar-refractivity contribution >= 4 is 0 Å². The predicted octanol–water partition coefficient (Wildman–Crippen LogP) is -1.07. The van der Waals surface area contributed by atoms with Gasteiger partial charge in [-0.25, -0.2) is 0 Å². The monoisotopic (exact) mass is 770 g/mol. The van der Waals surface area contributed by atoms with Crippen LogP contribution in [0.5, 0.6) is 34.5 Å². The van der Waals surface area contributed by atoms with E-state index in [1.165, 1.54) is 28.4 Å². The third-order valence-electron chi connectivity index (χ3n) is 11.3. The van der Waals surface area contributed by atoms with Gasteiger partial charge >= 0.3 is 0 Å². The van der Waals surface area contributed by atoms with Gasteiger partial charge in [-0.1, -0.05) is 13.8 Å². The Hall–Kier alpha value is -3.24. The fraction of sp³-hybridized carbons (Fsp3) is 0.667. The lowest BCUT2D eigenvalue weighted by Crippen LogP contribution is -2.60. The molecule has 54 heavy (non-hydrogen) atoms. The third kappa shape index (κ3) is 6.61. The summed E-state index contributed by atoms with van der Waals surface area (Å²) in [5, 5.41) is 81.4. The number of fused-ring (bicyclic) bond motifs is 1. The lowest BCUT2D eigenvalue weighted by Gasteiger charge is -2.40.